The lowest BCUT2D eigenvalue weighted by Gasteiger charge is -1.94. The Balaban J connectivity index is 2.58. The van der Waals surface area contributed by atoms with E-state index in [1.54, 1.807) is 18.5 Å². The Morgan fingerprint density at radius 3 is 2.64 bits per heavy atom. The van der Waals surface area contributed by atoms with Crippen LogP contribution >= 0.6 is 0 Å². The summed E-state index contributed by atoms with van der Waals surface area (Å²) in [5.41, 5.74) is 0. The van der Waals surface area contributed by atoms with Crippen molar-refractivity contribution in [1.29, 1.82) is 0 Å². The third-order valence-corrected chi connectivity index (χ3v) is 1.37. The molecule has 1 heterocycles. The number of hydrogen-bond acceptors (Lipinski definition) is 3. The van der Waals surface area contributed by atoms with Gasteiger partial charge in [-0.05, 0) is 6.07 Å². The Morgan fingerprint density at radius 2 is 2.09 bits per heavy atom. The van der Waals surface area contributed by atoms with Crippen LogP contribution in [0.15, 0.2) is 18.5 Å². The average molecular weight is 150 g/mol. The summed E-state index contributed by atoms with van der Waals surface area (Å²) in [6, 6.07) is 1.74. The SMILES string of the molecule is CCC(=O)Cc1ncccn1. The Labute approximate surface area is 65.5 Å². The van der Waals surface area contributed by atoms with E-state index in [1.807, 2.05) is 6.92 Å². The third kappa shape index (κ3) is 2.45. The first-order valence-corrected chi connectivity index (χ1v) is 3.60. The van der Waals surface area contributed by atoms with Crippen molar-refractivity contribution in [2.24, 2.45) is 0 Å². The van der Waals surface area contributed by atoms with Crippen molar-refractivity contribution >= 4 is 5.78 Å². The van der Waals surface area contributed by atoms with Gasteiger partial charge in [-0.2, -0.15) is 0 Å². The summed E-state index contributed by atoms with van der Waals surface area (Å²) in [5.74, 6) is 0.788. The molecule has 1 rings (SSSR count). The maximum Gasteiger partial charge on any atom is 0.140 e. The van der Waals surface area contributed by atoms with Crippen molar-refractivity contribution in [3.05, 3.63) is 24.3 Å². The first-order valence-electron chi connectivity index (χ1n) is 3.60. The van der Waals surface area contributed by atoms with Gasteiger partial charge in [-0.25, -0.2) is 9.97 Å². The van der Waals surface area contributed by atoms with E-state index < -0.39 is 0 Å². The van der Waals surface area contributed by atoms with E-state index in [2.05, 4.69) is 9.97 Å². The summed E-state index contributed by atoms with van der Waals surface area (Å²) in [4.78, 5) is 18.8. The van der Waals surface area contributed by atoms with Gasteiger partial charge in [0.25, 0.3) is 0 Å². The molecule has 0 bridgehead atoms. The van der Waals surface area contributed by atoms with Gasteiger partial charge in [0, 0.05) is 18.8 Å². The van der Waals surface area contributed by atoms with Crippen molar-refractivity contribution in [2.45, 2.75) is 19.8 Å². The summed E-state index contributed by atoms with van der Waals surface area (Å²) in [6.07, 6.45) is 4.20. The molecule has 1 aromatic heterocycles. The molecule has 0 atom stereocenters. The molecule has 11 heavy (non-hydrogen) atoms. The van der Waals surface area contributed by atoms with Crippen molar-refractivity contribution in [3.8, 4) is 0 Å². The Bertz CT molecular complexity index is 233. The predicted molar refractivity (Wildman–Crippen MR) is 41.0 cm³/mol. The highest BCUT2D eigenvalue weighted by molar-refractivity contribution is 5.79. The second-order valence-electron chi connectivity index (χ2n) is 2.23. The minimum Gasteiger partial charge on any atom is -0.299 e. The molecule has 58 valence electrons. The normalized spacial score (nSPS) is 9.55. The maximum absolute atomic E-state index is 10.9. The predicted octanol–water partition coefficient (Wildman–Crippen LogP) is 0.998. The number of aromatic nitrogens is 2. The van der Waals surface area contributed by atoms with E-state index in [4.69, 9.17) is 0 Å². The molecule has 3 nitrogen and oxygen atoms in total. The highest BCUT2D eigenvalue weighted by Crippen LogP contribution is 1.92. The van der Waals surface area contributed by atoms with Crippen LogP contribution in [0.3, 0.4) is 0 Å². The number of Topliss-reactive ketones (excluding diaryl/α,β-unsaturated/α-hetero) is 1. The van der Waals surface area contributed by atoms with Crippen LogP contribution in [0.25, 0.3) is 0 Å². The molecule has 0 aliphatic heterocycles. The standard InChI is InChI=1S/C8H10N2O/c1-2-7(11)6-8-9-4-3-5-10-8/h3-5H,2,6H2,1H3. The van der Waals surface area contributed by atoms with Gasteiger partial charge < -0.3 is 0 Å². The van der Waals surface area contributed by atoms with Gasteiger partial charge in [0.1, 0.15) is 11.6 Å². The molecule has 0 aliphatic rings. The molecule has 0 saturated heterocycles. The average Bonchev–Trinajstić information content (AvgIpc) is 2.06. The van der Waals surface area contributed by atoms with Crippen LogP contribution in [-0.2, 0) is 11.2 Å². The fourth-order valence-electron chi connectivity index (χ4n) is 0.723. The van der Waals surface area contributed by atoms with Gasteiger partial charge in [0.15, 0.2) is 0 Å². The van der Waals surface area contributed by atoms with Crippen LogP contribution in [0.5, 0.6) is 0 Å². The largest absolute Gasteiger partial charge is 0.299 e. The van der Waals surface area contributed by atoms with Gasteiger partial charge in [0.2, 0.25) is 0 Å². The first kappa shape index (κ1) is 7.85. The van der Waals surface area contributed by atoms with Crippen LogP contribution in [0.4, 0.5) is 0 Å². The Kier molecular flexibility index (Phi) is 2.72. The molecule has 3 heteroatoms. The second kappa shape index (κ2) is 3.81. The summed E-state index contributed by atoms with van der Waals surface area (Å²) < 4.78 is 0. The van der Waals surface area contributed by atoms with E-state index in [0.717, 1.165) is 0 Å². The molecule has 1 aromatic rings. The number of ketones is 1. The molecule has 0 aliphatic carbocycles. The van der Waals surface area contributed by atoms with Crippen LogP contribution in [-0.4, -0.2) is 15.8 Å². The number of carbonyl (C=O) groups is 1. The molecular weight excluding hydrogens is 140 g/mol. The summed E-state index contributed by atoms with van der Waals surface area (Å²) in [7, 11) is 0. The minimum absolute atomic E-state index is 0.177. The van der Waals surface area contributed by atoms with E-state index in [9.17, 15) is 4.79 Å². The number of rotatable bonds is 3. The first-order chi connectivity index (χ1) is 5.33. The van der Waals surface area contributed by atoms with Crippen LogP contribution in [0.2, 0.25) is 0 Å². The summed E-state index contributed by atoms with van der Waals surface area (Å²) in [6.45, 7) is 1.84. The zero-order chi connectivity index (χ0) is 8.10. The van der Waals surface area contributed by atoms with E-state index in [1.165, 1.54) is 0 Å². The highest BCUT2D eigenvalue weighted by atomic mass is 16.1. The Hall–Kier alpha value is -1.25. The lowest BCUT2D eigenvalue weighted by atomic mass is 10.2. The topological polar surface area (TPSA) is 42.9 Å². The quantitative estimate of drug-likeness (QED) is 0.645. The molecule has 0 amide bonds. The lowest BCUT2D eigenvalue weighted by molar-refractivity contribution is -0.118. The van der Waals surface area contributed by atoms with Crippen molar-refractivity contribution in [1.82, 2.24) is 9.97 Å². The second-order valence-corrected chi connectivity index (χ2v) is 2.23. The monoisotopic (exact) mass is 150 g/mol. The van der Waals surface area contributed by atoms with Crippen molar-refractivity contribution < 1.29 is 4.79 Å². The van der Waals surface area contributed by atoms with Gasteiger partial charge in [-0.3, -0.25) is 4.79 Å². The van der Waals surface area contributed by atoms with Crippen LogP contribution in [0.1, 0.15) is 19.2 Å². The fourth-order valence-corrected chi connectivity index (χ4v) is 0.723. The van der Waals surface area contributed by atoms with Gasteiger partial charge >= 0.3 is 0 Å². The third-order valence-electron chi connectivity index (χ3n) is 1.37. The van der Waals surface area contributed by atoms with E-state index >= 15 is 0 Å². The minimum atomic E-state index is 0.177. The van der Waals surface area contributed by atoms with E-state index in [-0.39, 0.29) is 5.78 Å². The molecule has 0 spiro atoms. The molecule has 0 saturated carbocycles. The zero-order valence-corrected chi connectivity index (χ0v) is 6.45. The van der Waals surface area contributed by atoms with Crippen LogP contribution in [0, 0.1) is 0 Å². The summed E-state index contributed by atoms with van der Waals surface area (Å²) >= 11 is 0. The molecule has 0 N–H and O–H groups in total. The molecule has 0 radical (unpaired) electrons. The Morgan fingerprint density at radius 1 is 1.45 bits per heavy atom. The lowest BCUT2D eigenvalue weighted by Crippen LogP contribution is -2.03. The van der Waals surface area contributed by atoms with Crippen molar-refractivity contribution in [3.63, 3.8) is 0 Å². The molecular formula is C8H10N2O. The van der Waals surface area contributed by atoms with Gasteiger partial charge in [-0.15, -0.1) is 0 Å². The maximum atomic E-state index is 10.9. The summed E-state index contributed by atoms with van der Waals surface area (Å²) in [5, 5.41) is 0. The molecule has 0 fully saturated rings. The smallest absolute Gasteiger partial charge is 0.140 e. The van der Waals surface area contributed by atoms with Crippen molar-refractivity contribution in [2.75, 3.05) is 0 Å². The molecule has 0 unspecified atom stereocenters. The number of nitrogens with zero attached hydrogens (tertiary/aromatic N) is 2. The van der Waals surface area contributed by atoms with E-state index in [0.29, 0.717) is 18.7 Å². The number of carbonyl (C=O) groups excluding carboxylic acids is 1. The van der Waals surface area contributed by atoms with Gasteiger partial charge in [0.05, 0.1) is 6.42 Å². The molecule has 0 aromatic carbocycles. The number of hydrogen-bond donors (Lipinski definition) is 0. The zero-order valence-electron chi connectivity index (χ0n) is 6.45. The van der Waals surface area contributed by atoms with Gasteiger partial charge in [-0.1, -0.05) is 6.92 Å². The van der Waals surface area contributed by atoms with Crippen LogP contribution < -0.4 is 0 Å². The fraction of sp³-hybridized carbons (Fsp3) is 0.375. The highest BCUT2D eigenvalue weighted by Gasteiger charge is 2.01.